The Hall–Kier alpha value is -1.91. The van der Waals surface area contributed by atoms with Crippen LogP contribution in [-0.2, 0) is 0 Å². The Balaban J connectivity index is 1.91. The van der Waals surface area contributed by atoms with Crippen molar-refractivity contribution in [2.45, 2.75) is 6.92 Å². The van der Waals surface area contributed by atoms with Crippen LogP contribution < -0.4 is 20.9 Å². The summed E-state index contributed by atoms with van der Waals surface area (Å²) >= 11 is 0. The molecule has 1 aromatic rings. The second kappa shape index (κ2) is 3.84. The standard InChI is InChI=1S/C12H17N5/c1-8-9(16-12-13-5-6-14-12)3-4-10-11(8)15-7-17(10)2/h3-4,15H,5-7H2,1-2H3,(H2,13,14,16). The molecule has 0 saturated carbocycles. The van der Waals surface area contributed by atoms with Crippen LogP contribution in [0.25, 0.3) is 0 Å². The molecule has 0 bridgehead atoms. The summed E-state index contributed by atoms with van der Waals surface area (Å²) < 4.78 is 0. The Morgan fingerprint density at radius 1 is 1.35 bits per heavy atom. The molecular formula is C12H17N5. The fraction of sp³-hybridized carbons (Fsp3) is 0.417. The lowest BCUT2D eigenvalue weighted by Crippen LogP contribution is -2.26. The number of guanidine groups is 1. The Kier molecular flexibility index (Phi) is 2.31. The van der Waals surface area contributed by atoms with Crippen LogP contribution >= 0.6 is 0 Å². The number of aliphatic imine (C=N–C) groups is 1. The predicted molar refractivity (Wildman–Crippen MR) is 72.0 cm³/mol. The van der Waals surface area contributed by atoms with Crippen molar-refractivity contribution < 1.29 is 0 Å². The number of nitrogens with zero attached hydrogens (tertiary/aromatic N) is 2. The number of fused-ring (bicyclic) bond motifs is 1. The van der Waals surface area contributed by atoms with Crippen molar-refractivity contribution in [1.82, 2.24) is 5.32 Å². The third kappa shape index (κ3) is 1.67. The minimum atomic E-state index is 0.854. The van der Waals surface area contributed by atoms with Gasteiger partial charge in [0.15, 0.2) is 5.96 Å². The Bertz CT molecular complexity index is 480. The van der Waals surface area contributed by atoms with E-state index in [1.807, 2.05) is 0 Å². The first-order chi connectivity index (χ1) is 8.25. The molecule has 3 rings (SSSR count). The molecule has 0 aliphatic carbocycles. The first-order valence-electron chi connectivity index (χ1n) is 5.89. The molecule has 0 atom stereocenters. The highest BCUT2D eigenvalue weighted by atomic mass is 15.3. The van der Waals surface area contributed by atoms with Crippen LogP contribution in [0.15, 0.2) is 17.1 Å². The smallest absolute Gasteiger partial charge is 0.195 e. The predicted octanol–water partition coefficient (Wildman–Crippen LogP) is 1.19. The van der Waals surface area contributed by atoms with Gasteiger partial charge in [-0.25, -0.2) is 0 Å². The zero-order valence-corrected chi connectivity index (χ0v) is 10.2. The van der Waals surface area contributed by atoms with E-state index in [1.165, 1.54) is 16.9 Å². The average Bonchev–Trinajstić information content (AvgIpc) is 2.93. The Labute approximate surface area is 101 Å². The summed E-state index contributed by atoms with van der Waals surface area (Å²) in [6.45, 7) is 4.78. The number of hydrogen-bond acceptors (Lipinski definition) is 5. The largest absolute Gasteiger partial charge is 0.366 e. The minimum Gasteiger partial charge on any atom is -0.366 e. The van der Waals surface area contributed by atoms with Gasteiger partial charge in [0.1, 0.15) is 0 Å². The van der Waals surface area contributed by atoms with Crippen molar-refractivity contribution in [3.8, 4) is 0 Å². The fourth-order valence-electron chi connectivity index (χ4n) is 2.27. The molecule has 0 fully saturated rings. The maximum Gasteiger partial charge on any atom is 0.195 e. The lowest BCUT2D eigenvalue weighted by Gasteiger charge is -2.14. The van der Waals surface area contributed by atoms with Crippen LogP contribution in [0.5, 0.6) is 0 Å². The van der Waals surface area contributed by atoms with Gasteiger partial charge in [0.25, 0.3) is 0 Å². The van der Waals surface area contributed by atoms with Gasteiger partial charge in [-0.1, -0.05) is 0 Å². The summed E-state index contributed by atoms with van der Waals surface area (Å²) in [7, 11) is 2.09. The topological polar surface area (TPSA) is 51.7 Å². The minimum absolute atomic E-state index is 0.854. The Morgan fingerprint density at radius 3 is 3.00 bits per heavy atom. The van der Waals surface area contributed by atoms with E-state index in [9.17, 15) is 0 Å². The van der Waals surface area contributed by atoms with Gasteiger partial charge in [-0.3, -0.25) is 4.99 Å². The molecule has 2 aliphatic heterocycles. The van der Waals surface area contributed by atoms with Crippen LogP contribution in [0.1, 0.15) is 5.56 Å². The highest BCUT2D eigenvalue weighted by Crippen LogP contribution is 2.36. The second-order valence-corrected chi connectivity index (χ2v) is 4.45. The monoisotopic (exact) mass is 231 g/mol. The third-order valence-corrected chi connectivity index (χ3v) is 3.27. The highest BCUT2D eigenvalue weighted by molar-refractivity contribution is 5.97. The maximum absolute atomic E-state index is 4.34. The summed E-state index contributed by atoms with van der Waals surface area (Å²) in [5, 5.41) is 9.96. The van der Waals surface area contributed by atoms with Crippen molar-refractivity contribution in [2.24, 2.45) is 4.99 Å². The van der Waals surface area contributed by atoms with E-state index >= 15 is 0 Å². The first-order valence-corrected chi connectivity index (χ1v) is 5.89. The first kappa shape index (κ1) is 10.3. The van der Waals surface area contributed by atoms with Crippen molar-refractivity contribution in [3.63, 3.8) is 0 Å². The van der Waals surface area contributed by atoms with Gasteiger partial charge in [0.2, 0.25) is 0 Å². The molecule has 0 aromatic heterocycles. The molecule has 0 radical (unpaired) electrons. The van der Waals surface area contributed by atoms with E-state index in [1.54, 1.807) is 0 Å². The van der Waals surface area contributed by atoms with Crippen LogP contribution in [-0.4, -0.2) is 32.8 Å². The van der Waals surface area contributed by atoms with Crippen LogP contribution in [0.3, 0.4) is 0 Å². The lowest BCUT2D eigenvalue weighted by atomic mass is 10.1. The summed E-state index contributed by atoms with van der Waals surface area (Å²) in [4.78, 5) is 6.55. The second-order valence-electron chi connectivity index (χ2n) is 4.45. The van der Waals surface area contributed by atoms with E-state index in [-0.39, 0.29) is 0 Å². The molecule has 2 heterocycles. The van der Waals surface area contributed by atoms with Gasteiger partial charge in [0.05, 0.1) is 24.6 Å². The summed E-state index contributed by atoms with van der Waals surface area (Å²) in [6.07, 6.45) is 0. The molecule has 1 aromatic carbocycles. The average molecular weight is 231 g/mol. The van der Waals surface area contributed by atoms with E-state index in [4.69, 9.17) is 0 Å². The van der Waals surface area contributed by atoms with Gasteiger partial charge in [-0.05, 0) is 24.6 Å². The van der Waals surface area contributed by atoms with E-state index in [0.29, 0.717) is 0 Å². The maximum atomic E-state index is 4.34. The number of hydrogen-bond donors (Lipinski definition) is 3. The third-order valence-electron chi connectivity index (χ3n) is 3.27. The quantitative estimate of drug-likeness (QED) is 0.679. The molecule has 0 spiro atoms. The molecule has 3 N–H and O–H groups in total. The summed E-state index contributed by atoms with van der Waals surface area (Å²) in [5.41, 5.74) is 4.83. The summed E-state index contributed by atoms with van der Waals surface area (Å²) in [6, 6.07) is 4.25. The van der Waals surface area contributed by atoms with Gasteiger partial charge in [-0.15, -0.1) is 0 Å². The lowest BCUT2D eigenvalue weighted by molar-refractivity contribution is 0.959. The number of nitrogens with one attached hydrogen (secondary N) is 3. The molecular weight excluding hydrogens is 214 g/mol. The van der Waals surface area contributed by atoms with Crippen molar-refractivity contribution >= 4 is 23.0 Å². The molecule has 5 nitrogen and oxygen atoms in total. The molecule has 0 unspecified atom stereocenters. The van der Waals surface area contributed by atoms with Crippen molar-refractivity contribution in [2.75, 3.05) is 42.3 Å². The normalized spacial score (nSPS) is 17.3. The van der Waals surface area contributed by atoms with Crippen LogP contribution in [0.4, 0.5) is 17.1 Å². The fourth-order valence-corrected chi connectivity index (χ4v) is 2.27. The van der Waals surface area contributed by atoms with E-state index in [0.717, 1.165) is 31.4 Å². The van der Waals surface area contributed by atoms with Crippen molar-refractivity contribution in [3.05, 3.63) is 17.7 Å². The van der Waals surface area contributed by atoms with Gasteiger partial charge in [0, 0.05) is 19.3 Å². The van der Waals surface area contributed by atoms with Gasteiger partial charge >= 0.3 is 0 Å². The summed E-state index contributed by atoms with van der Waals surface area (Å²) in [5.74, 6) is 0.874. The van der Waals surface area contributed by atoms with Crippen LogP contribution in [0, 0.1) is 6.92 Å². The van der Waals surface area contributed by atoms with E-state index in [2.05, 4.69) is 51.9 Å². The number of benzene rings is 1. The Morgan fingerprint density at radius 2 is 2.24 bits per heavy atom. The molecule has 0 amide bonds. The SMILES string of the molecule is Cc1c(NC2=NCCN2)ccc2c1NCN2C. The number of anilines is 3. The van der Waals surface area contributed by atoms with E-state index < -0.39 is 0 Å². The molecule has 5 heteroatoms. The van der Waals surface area contributed by atoms with Gasteiger partial charge < -0.3 is 20.9 Å². The van der Waals surface area contributed by atoms with Crippen LogP contribution in [0.2, 0.25) is 0 Å². The van der Waals surface area contributed by atoms with Gasteiger partial charge in [-0.2, -0.15) is 0 Å². The zero-order valence-electron chi connectivity index (χ0n) is 10.2. The number of rotatable bonds is 1. The molecule has 90 valence electrons. The highest BCUT2D eigenvalue weighted by Gasteiger charge is 2.19. The molecule has 0 saturated heterocycles. The zero-order chi connectivity index (χ0) is 11.8. The van der Waals surface area contributed by atoms with Crippen molar-refractivity contribution in [1.29, 1.82) is 0 Å². The molecule has 17 heavy (non-hydrogen) atoms. The molecule has 2 aliphatic rings.